The number of hydrogen-bond donors (Lipinski definition) is 0. The van der Waals surface area contributed by atoms with E-state index in [-0.39, 0.29) is 12.0 Å². The van der Waals surface area contributed by atoms with Gasteiger partial charge in [-0.3, -0.25) is 4.79 Å². The Morgan fingerprint density at radius 3 is 2.33 bits per heavy atom. The van der Waals surface area contributed by atoms with Gasteiger partial charge in [-0.1, -0.05) is 38.4 Å². The van der Waals surface area contributed by atoms with Crippen LogP contribution in [0.15, 0.2) is 17.2 Å². The lowest BCUT2D eigenvalue weighted by molar-refractivity contribution is -0.147. The molecule has 0 aromatic heterocycles. The van der Waals surface area contributed by atoms with Crippen molar-refractivity contribution >= 4 is 17.6 Å². The summed E-state index contributed by atoms with van der Waals surface area (Å²) in [5.41, 5.74) is -1.41. The molecule has 2 nitrogen and oxygen atoms in total. The van der Waals surface area contributed by atoms with Crippen molar-refractivity contribution in [1.82, 2.24) is 0 Å². The number of ether oxygens (including phenoxy) is 1. The molecule has 0 spiro atoms. The second kappa shape index (κ2) is 7.37. The van der Waals surface area contributed by atoms with Crippen LogP contribution in [0.5, 0.6) is 0 Å². The van der Waals surface area contributed by atoms with E-state index in [1.165, 1.54) is 6.92 Å². The standard InChI is InChI=1S/C18H17ClF6O2/c1-4-8-9(15(22)12(21)6-11(8)20)7-27-16(26)14-10(17(14,2)3)5-13(19)18(23,24)25/h5-6,10,14H,4,7H2,1-3H3/b13-5-/t10-,14-/m1/s1. The molecule has 1 fully saturated rings. The number of carbonyl (C=O) groups excluding carboxylic acids is 1. The van der Waals surface area contributed by atoms with Crippen molar-refractivity contribution in [3.8, 4) is 0 Å². The topological polar surface area (TPSA) is 26.3 Å². The fourth-order valence-electron chi connectivity index (χ4n) is 3.14. The van der Waals surface area contributed by atoms with Gasteiger partial charge in [0, 0.05) is 11.6 Å². The monoisotopic (exact) mass is 414 g/mol. The Kier molecular flexibility index (Phi) is 5.90. The molecule has 0 heterocycles. The summed E-state index contributed by atoms with van der Waals surface area (Å²) in [7, 11) is 0. The Balaban J connectivity index is 2.16. The van der Waals surface area contributed by atoms with Crippen LogP contribution in [0, 0.1) is 34.7 Å². The van der Waals surface area contributed by atoms with Gasteiger partial charge in [0.05, 0.1) is 5.92 Å². The molecule has 1 aliphatic rings. The number of benzene rings is 1. The van der Waals surface area contributed by atoms with Crippen LogP contribution in [0.3, 0.4) is 0 Å². The smallest absolute Gasteiger partial charge is 0.426 e. The number of hydrogen-bond acceptors (Lipinski definition) is 2. The van der Waals surface area contributed by atoms with Crippen LogP contribution in [0.2, 0.25) is 0 Å². The van der Waals surface area contributed by atoms with Crippen LogP contribution < -0.4 is 0 Å². The summed E-state index contributed by atoms with van der Waals surface area (Å²) < 4.78 is 83.7. The van der Waals surface area contributed by atoms with Crippen LogP contribution in [0.1, 0.15) is 31.9 Å². The van der Waals surface area contributed by atoms with E-state index in [1.54, 1.807) is 13.8 Å². The highest BCUT2D eigenvalue weighted by Gasteiger charge is 2.62. The van der Waals surface area contributed by atoms with E-state index in [0.717, 1.165) is 6.08 Å². The molecule has 150 valence electrons. The molecule has 27 heavy (non-hydrogen) atoms. The van der Waals surface area contributed by atoms with Crippen molar-refractivity contribution in [3.63, 3.8) is 0 Å². The molecule has 0 amide bonds. The van der Waals surface area contributed by atoms with Gasteiger partial charge in [0.25, 0.3) is 0 Å². The summed E-state index contributed by atoms with van der Waals surface area (Å²) >= 11 is 5.21. The summed E-state index contributed by atoms with van der Waals surface area (Å²) in [5, 5.41) is -1.35. The van der Waals surface area contributed by atoms with Gasteiger partial charge < -0.3 is 4.74 Å². The number of halogens is 7. The Hall–Kier alpha value is -1.70. The molecule has 1 aromatic carbocycles. The fourth-order valence-corrected chi connectivity index (χ4v) is 3.28. The molecule has 9 heteroatoms. The van der Waals surface area contributed by atoms with Crippen molar-refractivity contribution in [2.45, 2.75) is 40.0 Å². The maximum atomic E-state index is 13.9. The van der Waals surface area contributed by atoms with Gasteiger partial charge in [-0.2, -0.15) is 13.2 Å². The first-order valence-corrected chi connectivity index (χ1v) is 8.46. The first kappa shape index (κ1) is 21.6. The Morgan fingerprint density at radius 1 is 1.22 bits per heavy atom. The average molecular weight is 415 g/mol. The molecule has 0 saturated heterocycles. The van der Waals surface area contributed by atoms with Crippen LogP contribution in [-0.4, -0.2) is 12.1 Å². The molecular formula is C18H17ClF6O2. The molecule has 2 rings (SSSR count). The normalized spacial score (nSPS) is 21.9. The molecule has 1 aliphatic carbocycles. The van der Waals surface area contributed by atoms with Gasteiger partial charge in [-0.15, -0.1) is 0 Å². The van der Waals surface area contributed by atoms with E-state index in [2.05, 4.69) is 0 Å². The third-order valence-corrected chi connectivity index (χ3v) is 5.19. The highest BCUT2D eigenvalue weighted by Crippen LogP contribution is 2.60. The van der Waals surface area contributed by atoms with Gasteiger partial charge >= 0.3 is 12.1 Å². The molecule has 0 radical (unpaired) electrons. The quantitative estimate of drug-likeness (QED) is 0.353. The van der Waals surface area contributed by atoms with Crippen LogP contribution in [0.4, 0.5) is 26.3 Å². The predicted molar refractivity (Wildman–Crippen MR) is 86.2 cm³/mol. The molecule has 0 N–H and O–H groups in total. The molecule has 0 unspecified atom stereocenters. The van der Waals surface area contributed by atoms with Gasteiger partial charge in [-0.25, -0.2) is 13.2 Å². The SMILES string of the molecule is CCc1c(F)cc(F)c(F)c1COC(=O)[C@H]1[C@@H](/C=C(\Cl)C(F)(F)F)C1(C)C. The van der Waals surface area contributed by atoms with Gasteiger partial charge in [0.1, 0.15) is 17.5 Å². The maximum absolute atomic E-state index is 13.9. The minimum atomic E-state index is -4.73. The zero-order valence-electron chi connectivity index (χ0n) is 14.7. The number of alkyl halides is 3. The van der Waals surface area contributed by atoms with Gasteiger partial charge in [0.2, 0.25) is 0 Å². The summed E-state index contributed by atoms with van der Waals surface area (Å²) in [5.74, 6) is -6.35. The molecular weight excluding hydrogens is 398 g/mol. The first-order chi connectivity index (χ1) is 12.3. The highest BCUT2D eigenvalue weighted by molar-refractivity contribution is 6.30. The van der Waals surface area contributed by atoms with E-state index >= 15 is 0 Å². The number of allylic oxidation sites excluding steroid dienone is 2. The second-order valence-corrected chi connectivity index (χ2v) is 7.32. The van der Waals surface area contributed by atoms with Crippen molar-refractivity contribution < 1.29 is 35.9 Å². The van der Waals surface area contributed by atoms with Crippen LogP contribution >= 0.6 is 11.6 Å². The molecule has 1 saturated carbocycles. The fraction of sp³-hybridized carbons (Fsp3) is 0.500. The Bertz CT molecular complexity index is 785. The summed E-state index contributed by atoms with van der Waals surface area (Å²) in [6.45, 7) is 3.91. The van der Waals surface area contributed by atoms with Crippen LogP contribution in [0.25, 0.3) is 0 Å². The molecule has 0 aliphatic heterocycles. The van der Waals surface area contributed by atoms with Crippen molar-refractivity contribution in [3.05, 3.63) is 45.8 Å². The lowest BCUT2D eigenvalue weighted by atomic mass is 10.0. The van der Waals surface area contributed by atoms with E-state index < -0.39 is 64.1 Å². The van der Waals surface area contributed by atoms with E-state index in [9.17, 15) is 31.1 Å². The third-order valence-electron chi connectivity index (χ3n) is 4.85. The average Bonchev–Trinajstić information content (AvgIpc) is 3.08. The Morgan fingerprint density at radius 2 is 1.81 bits per heavy atom. The number of esters is 1. The van der Waals surface area contributed by atoms with Crippen LogP contribution in [-0.2, 0) is 22.6 Å². The number of carbonyl (C=O) groups is 1. The Labute approximate surface area is 157 Å². The van der Waals surface area contributed by atoms with Crippen molar-refractivity contribution in [2.75, 3.05) is 0 Å². The predicted octanol–water partition coefficient (Wildman–Crippen LogP) is 5.67. The second-order valence-electron chi connectivity index (χ2n) is 6.91. The number of rotatable bonds is 5. The largest absolute Gasteiger partial charge is 0.460 e. The highest BCUT2D eigenvalue weighted by atomic mass is 35.5. The summed E-state index contributed by atoms with van der Waals surface area (Å²) in [6, 6.07) is 0.406. The summed E-state index contributed by atoms with van der Waals surface area (Å²) in [6.07, 6.45) is -3.95. The van der Waals surface area contributed by atoms with Crippen molar-refractivity contribution in [1.29, 1.82) is 0 Å². The minimum Gasteiger partial charge on any atom is -0.460 e. The van der Waals surface area contributed by atoms with E-state index in [1.807, 2.05) is 0 Å². The lowest BCUT2D eigenvalue weighted by Gasteiger charge is -2.12. The molecule has 1 aromatic rings. The lowest BCUT2D eigenvalue weighted by Crippen LogP contribution is -2.14. The van der Waals surface area contributed by atoms with Crippen molar-refractivity contribution in [2.24, 2.45) is 17.3 Å². The zero-order chi connectivity index (χ0) is 20.7. The molecule has 2 atom stereocenters. The van der Waals surface area contributed by atoms with E-state index in [4.69, 9.17) is 16.3 Å². The molecule has 0 bridgehead atoms. The van der Waals surface area contributed by atoms with Gasteiger partial charge in [-0.05, 0) is 23.3 Å². The van der Waals surface area contributed by atoms with Gasteiger partial charge in [0.15, 0.2) is 11.6 Å². The van der Waals surface area contributed by atoms with E-state index in [0.29, 0.717) is 6.07 Å². The summed E-state index contributed by atoms with van der Waals surface area (Å²) in [4.78, 5) is 12.2. The maximum Gasteiger partial charge on any atom is 0.426 e. The third kappa shape index (κ3) is 4.25. The minimum absolute atomic E-state index is 0.0391. The first-order valence-electron chi connectivity index (χ1n) is 8.08. The zero-order valence-corrected chi connectivity index (χ0v) is 15.4.